The number of nitrogens with zero attached hydrogens (tertiary/aromatic N) is 3. The fraction of sp³-hybridized carbons (Fsp3) is 0.643. The first kappa shape index (κ1) is 16.6. The van der Waals surface area contributed by atoms with Gasteiger partial charge < -0.3 is 15.3 Å². The number of aryl methyl sites for hydroxylation is 1. The number of urea groups is 1. The molecule has 1 aromatic rings. The number of carboxylic acids is 1. The van der Waals surface area contributed by atoms with Crippen molar-refractivity contribution in [1.29, 1.82) is 0 Å². The molecule has 0 radical (unpaired) electrons. The van der Waals surface area contributed by atoms with Crippen LogP contribution in [0.4, 0.5) is 4.79 Å². The van der Waals surface area contributed by atoms with E-state index in [0.717, 1.165) is 19.3 Å². The summed E-state index contributed by atoms with van der Waals surface area (Å²) in [6, 6.07) is -0.194. The molecule has 2 N–H and O–H groups in total. The van der Waals surface area contributed by atoms with Gasteiger partial charge in [-0.1, -0.05) is 11.6 Å². The van der Waals surface area contributed by atoms with Crippen LogP contribution in [0.2, 0.25) is 5.02 Å². The Morgan fingerprint density at radius 3 is 2.91 bits per heavy atom. The number of carbonyl (C=O) groups is 2. The van der Waals surface area contributed by atoms with Crippen molar-refractivity contribution in [3.8, 4) is 0 Å². The zero-order valence-corrected chi connectivity index (χ0v) is 13.3. The number of amides is 2. The second-order valence-electron chi connectivity index (χ2n) is 5.53. The first-order valence-electron chi connectivity index (χ1n) is 7.41. The Morgan fingerprint density at radius 1 is 1.50 bits per heavy atom. The standard InChI is InChI=1S/C14H21ClN4O3/c1-18-9-11(15)12(17-18)8-16-14(22)19-7-3-2-4-10(19)5-6-13(20)21/h9-10H,2-8H2,1H3,(H,16,22)(H,20,21). The van der Waals surface area contributed by atoms with E-state index in [0.29, 0.717) is 23.7 Å². The number of likely N-dealkylation sites (tertiary alicyclic amines) is 1. The van der Waals surface area contributed by atoms with Crippen LogP contribution in [0.25, 0.3) is 0 Å². The molecular formula is C14H21ClN4O3. The maximum Gasteiger partial charge on any atom is 0.317 e. The van der Waals surface area contributed by atoms with E-state index in [2.05, 4.69) is 10.4 Å². The van der Waals surface area contributed by atoms with Crippen molar-refractivity contribution in [3.05, 3.63) is 16.9 Å². The Morgan fingerprint density at radius 2 is 2.27 bits per heavy atom. The monoisotopic (exact) mass is 328 g/mol. The Bertz CT molecular complexity index is 546. The first-order chi connectivity index (χ1) is 10.5. The largest absolute Gasteiger partial charge is 0.481 e. The van der Waals surface area contributed by atoms with Crippen molar-refractivity contribution in [3.63, 3.8) is 0 Å². The van der Waals surface area contributed by atoms with Crippen LogP contribution in [0.5, 0.6) is 0 Å². The topological polar surface area (TPSA) is 87.5 Å². The molecule has 0 aliphatic carbocycles. The Hall–Kier alpha value is -1.76. The van der Waals surface area contributed by atoms with E-state index < -0.39 is 5.97 Å². The van der Waals surface area contributed by atoms with Gasteiger partial charge in [-0.25, -0.2) is 4.79 Å². The van der Waals surface area contributed by atoms with Crippen LogP contribution in [0.1, 0.15) is 37.8 Å². The molecule has 0 aromatic carbocycles. The van der Waals surface area contributed by atoms with Crippen LogP contribution < -0.4 is 5.32 Å². The summed E-state index contributed by atoms with van der Waals surface area (Å²) >= 11 is 6.01. The lowest BCUT2D eigenvalue weighted by Crippen LogP contribution is -2.48. The predicted molar refractivity (Wildman–Crippen MR) is 81.7 cm³/mol. The van der Waals surface area contributed by atoms with Gasteiger partial charge in [-0.15, -0.1) is 0 Å². The average molecular weight is 329 g/mol. The summed E-state index contributed by atoms with van der Waals surface area (Å²) in [5.74, 6) is -0.828. The summed E-state index contributed by atoms with van der Waals surface area (Å²) in [6.45, 7) is 0.923. The zero-order chi connectivity index (χ0) is 16.1. The SMILES string of the molecule is Cn1cc(Cl)c(CNC(=O)N2CCCCC2CCC(=O)O)n1. The van der Waals surface area contributed by atoms with Gasteiger partial charge in [-0.3, -0.25) is 9.48 Å². The van der Waals surface area contributed by atoms with E-state index in [-0.39, 0.29) is 25.0 Å². The van der Waals surface area contributed by atoms with Crippen molar-refractivity contribution < 1.29 is 14.7 Å². The minimum atomic E-state index is -0.828. The molecule has 8 heteroatoms. The van der Waals surface area contributed by atoms with E-state index in [1.54, 1.807) is 22.8 Å². The maximum absolute atomic E-state index is 12.3. The highest BCUT2D eigenvalue weighted by atomic mass is 35.5. The van der Waals surface area contributed by atoms with E-state index >= 15 is 0 Å². The lowest BCUT2D eigenvalue weighted by atomic mass is 9.98. The van der Waals surface area contributed by atoms with Gasteiger partial charge in [0.15, 0.2) is 0 Å². The molecule has 1 atom stereocenters. The molecular weight excluding hydrogens is 308 g/mol. The second-order valence-corrected chi connectivity index (χ2v) is 5.94. The van der Waals surface area contributed by atoms with Gasteiger partial charge in [0.25, 0.3) is 0 Å². The molecule has 1 saturated heterocycles. The molecule has 2 heterocycles. The molecule has 1 aliphatic rings. The van der Waals surface area contributed by atoms with Gasteiger partial charge in [0.2, 0.25) is 0 Å². The maximum atomic E-state index is 12.3. The predicted octanol–water partition coefficient (Wildman–Crippen LogP) is 2.00. The fourth-order valence-electron chi connectivity index (χ4n) is 2.74. The zero-order valence-electron chi connectivity index (χ0n) is 12.6. The highest BCUT2D eigenvalue weighted by molar-refractivity contribution is 6.31. The second kappa shape index (κ2) is 7.49. The van der Waals surface area contributed by atoms with Crippen LogP contribution in [0.3, 0.4) is 0 Å². The summed E-state index contributed by atoms with van der Waals surface area (Å²) in [5, 5.41) is 16.3. The number of carbonyl (C=O) groups excluding carboxylic acids is 1. The summed E-state index contributed by atoms with van der Waals surface area (Å²) in [7, 11) is 1.77. The summed E-state index contributed by atoms with van der Waals surface area (Å²) < 4.78 is 1.60. The highest BCUT2D eigenvalue weighted by Crippen LogP contribution is 2.21. The normalized spacial score (nSPS) is 18.3. The van der Waals surface area contributed by atoms with Crippen LogP contribution in [-0.2, 0) is 18.4 Å². The minimum Gasteiger partial charge on any atom is -0.481 e. The average Bonchev–Trinajstić information content (AvgIpc) is 2.80. The minimum absolute atomic E-state index is 0.0101. The fourth-order valence-corrected chi connectivity index (χ4v) is 2.99. The Kier molecular flexibility index (Phi) is 5.65. The molecule has 0 saturated carbocycles. The van der Waals surface area contributed by atoms with Crippen LogP contribution >= 0.6 is 11.6 Å². The van der Waals surface area contributed by atoms with Gasteiger partial charge in [-0.2, -0.15) is 5.10 Å². The number of aromatic nitrogens is 2. The van der Waals surface area contributed by atoms with Gasteiger partial charge >= 0.3 is 12.0 Å². The summed E-state index contributed by atoms with van der Waals surface area (Å²) in [6.07, 6.45) is 5.08. The first-order valence-corrected chi connectivity index (χ1v) is 7.79. The number of rotatable bonds is 5. The van der Waals surface area contributed by atoms with Crippen molar-refractivity contribution in [1.82, 2.24) is 20.0 Å². The van der Waals surface area contributed by atoms with E-state index in [9.17, 15) is 9.59 Å². The van der Waals surface area contributed by atoms with Gasteiger partial charge in [0.1, 0.15) is 5.69 Å². The van der Waals surface area contributed by atoms with Crippen LogP contribution in [-0.4, -0.2) is 44.4 Å². The van der Waals surface area contributed by atoms with Crippen molar-refractivity contribution in [2.24, 2.45) is 7.05 Å². The Balaban J connectivity index is 1.91. The van der Waals surface area contributed by atoms with Crippen molar-refractivity contribution in [2.45, 2.75) is 44.7 Å². The molecule has 1 aliphatic heterocycles. The summed E-state index contributed by atoms with van der Waals surface area (Å²) in [5.41, 5.74) is 0.622. The number of nitrogens with one attached hydrogen (secondary N) is 1. The molecule has 1 fully saturated rings. The number of carboxylic acid groups (broad SMARTS) is 1. The van der Waals surface area contributed by atoms with E-state index in [4.69, 9.17) is 16.7 Å². The van der Waals surface area contributed by atoms with Crippen LogP contribution in [0, 0.1) is 0 Å². The third-order valence-electron chi connectivity index (χ3n) is 3.84. The third-order valence-corrected chi connectivity index (χ3v) is 4.16. The molecule has 122 valence electrons. The summed E-state index contributed by atoms with van der Waals surface area (Å²) in [4.78, 5) is 24.8. The molecule has 7 nitrogen and oxygen atoms in total. The molecule has 22 heavy (non-hydrogen) atoms. The van der Waals surface area contributed by atoms with E-state index in [1.807, 2.05) is 0 Å². The lowest BCUT2D eigenvalue weighted by Gasteiger charge is -2.35. The number of hydrogen-bond acceptors (Lipinski definition) is 3. The molecule has 1 unspecified atom stereocenters. The van der Waals surface area contributed by atoms with Gasteiger partial charge in [0, 0.05) is 32.3 Å². The Labute approximate surface area is 134 Å². The number of hydrogen-bond donors (Lipinski definition) is 2. The van der Waals surface area contributed by atoms with E-state index in [1.165, 1.54) is 0 Å². The molecule has 1 aromatic heterocycles. The molecule has 2 amide bonds. The number of piperidine rings is 1. The van der Waals surface area contributed by atoms with Crippen molar-refractivity contribution in [2.75, 3.05) is 6.54 Å². The van der Waals surface area contributed by atoms with Crippen LogP contribution in [0.15, 0.2) is 6.20 Å². The third kappa shape index (κ3) is 4.37. The molecule has 0 bridgehead atoms. The highest BCUT2D eigenvalue weighted by Gasteiger charge is 2.27. The lowest BCUT2D eigenvalue weighted by molar-refractivity contribution is -0.137. The molecule has 0 spiro atoms. The quantitative estimate of drug-likeness (QED) is 0.865. The smallest absolute Gasteiger partial charge is 0.317 e. The van der Waals surface area contributed by atoms with Gasteiger partial charge in [0.05, 0.1) is 11.6 Å². The number of aliphatic carboxylic acids is 1. The van der Waals surface area contributed by atoms with Gasteiger partial charge in [-0.05, 0) is 25.7 Å². The van der Waals surface area contributed by atoms with Crippen molar-refractivity contribution >= 4 is 23.6 Å². The number of halogens is 1. The molecule has 2 rings (SSSR count).